The van der Waals surface area contributed by atoms with Crippen molar-refractivity contribution in [3.8, 4) is 5.75 Å². The van der Waals surface area contributed by atoms with Crippen LogP contribution in [-0.4, -0.2) is 76.1 Å². The number of ether oxygens (including phenoxy) is 1. The largest absolute Gasteiger partial charge is 0.492 e. The predicted molar refractivity (Wildman–Crippen MR) is 125 cm³/mol. The van der Waals surface area contributed by atoms with Gasteiger partial charge in [0.2, 0.25) is 12.3 Å². The highest BCUT2D eigenvalue weighted by Crippen LogP contribution is 2.33. The second kappa shape index (κ2) is 10.7. The van der Waals surface area contributed by atoms with Gasteiger partial charge >= 0.3 is 0 Å². The number of thioether (sulfide) groups is 1. The van der Waals surface area contributed by atoms with Crippen LogP contribution in [0.2, 0.25) is 0 Å². The van der Waals surface area contributed by atoms with Crippen LogP contribution in [0.5, 0.6) is 5.75 Å². The van der Waals surface area contributed by atoms with E-state index in [4.69, 9.17) is 4.74 Å². The fraction of sp³-hybridized carbons (Fsp3) is 0.364. The maximum atomic E-state index is 13.6. The number of piperazine rings is 1. The van der Waals surface area contributed by atoms with Crippen LogP contribution >= 0.6 is 11.8 Å². The molecule has 1 aliphatic rings. The Morgan fingerprint density at radius 1 is 1.09 bits per heavy atom. The molecule has 1 heterocycles. The average Bonchev–Trinajstić information content (AvgIpc) is 2.83. The molecule has 0 aromatic heterocycles. The molecule has 0 radical (unpaired) electrons. The van der Waals surface area contributed by atoms with Crippen molar-refractivity contribution in [2.45, 2.75) is 16.7 Å². The third-order valence-electron chi connectivity index (χ3n) is 5.18. The van der Waals surface area contributed by atoms with Gasteiger partial charge in [-0.1, -0.05) is 12.1 Å². The van der Waals surface area contributed by atoms with Crippen molar-refractivity contribution >= 4 is 39.8 Å². The van der Waals surface area contributed by atoms with E-state index in [1.165, 1.54) is 11.8 Å². The van der Waals surface area contributed by atoms with Crippen LogP contribution < -0.4 is 9.04 Å². The van der Waals surface area contributed by atoms with Crippen LogP contribution in [0.3, 0.4) is 0 Å². The first-order valence-corrected chi connectivity index (χ1v) is 12.9. The molecule has 0 saturated carbocycles. The molecule has 2 aromatic rings. The maximum Gasteiger partial charge on any atom is 0.264 e. The van der Waals surface area contributed by atoms with Crippen LogP contribution in [0.15, 0.2) is 58.3 Å². The van der Waals surface area contributed by atoms with Gasteiger partial charge in [0, 0.05) is 31.1 Å². The fourth-order valence-corrected chi connectivity index (χ4v) is 5.25. The molecule has 2 aromatic carbocycles. The second-order valence-corrected chi connectivity index (χ2v) is 9.85. The lowest BCUT2D eigenvalue weighted by atomic mass is 10.2. The maximum absolute atomic E-state index is 13.6. The quantitative estimate of drug-likeness (QED) is 0.407. The van der Waals surface area contributed by atoms with Crippen molar-refractivity contribution in [3.63, 3.8) is 0 Å². The summed E-state index contributed by atoms with van der Waals surface area (Å²) in [6.45, 7) is 3.38. The molecule has 8 nitrogen and oxygen atoms in total. The normalized spacial score (nSPS) is 14.2. The van der Waals surface area contributed by atoms with E-state index < -0.39 is 10.0 Å². The van der Waals surface area contributed by atoms with Crippen molar-refractivity contribution in [1.29, 1.82) is 0 Å². The minimum absolute atomic E-state index is 0.0974. The topological polar surface area (TPSA) is 87.2 Å². The zero-order chi connectivity index (χ0) is 23.1. The molecule has 0 spiro atoms. The Labute approximate surface area is 193 Å². The van der Waals surface area contributed by atoms with E-state index in [0.717, 1.165) is 15.6 Å². The van der Waals surface area contributed by atoms with Crippen molar-refractivity contribution in [2.75, 3.05) is 49.9 Å². The summed E-state index contributed by atoms with van der Waals surface area (Å²) in [6.07, 6.45) is 2.67. The summed E-state index contributed by atoms with van der Waals surface area (Å²) >= 11 is 1.52. The molecular weight excluding hydrogens is 450 g/mol. The number of hydrogen-bond donors (Lipinski definition) is 0. The third kappa shape index (κ3) is 5.36. The van der Waals surface area contributed by atoms with Gasteiger partial charge in [0.15, 0.2) is 0 Å². The van der Waals surface area contributed by atoms with Crippen molar-refractivity contribution < 1.29 is 22.7 Å². The van der Waals surface area contributed by atoms with Gasteiger partial charge in [-0.15, -0.1) is 11.8 Å². The standard InChI is InChI=1S/C22H27N3O5S2/c1-3-30-21-7-5-4-6-20(21)25(16-22(27)24-14-12-23(17-26)13-15-24)32(28,29)19-10-8-18(31-2)9-11-19/h4-11,17H,3,12-16H2,1-2H3. The Hall–Kier alpha value is -2.72. The van der Waals surface area contributed by atoms with Gasteiger partial charge in [0.1, 0.15) is 12.3 Å². The van der Waals surface area contributed by atoms with Crippen LogP contribution in [0.4, 0.5) is 5.69 Å². The summed E-state index contributed by atoms with van der Waals surface area (Å²) in [4.78, 5) is 28.3. The average molecular weight is 478 g/mol. The number of amides is 2. The molecule has 172 valence electrons. The molecule has 0 N–H and O–H groups in total. The second-order valence-electron chi connectivity index (χ2n) is 7.11. The van der Waals surface area contributed by atoms with Crippen LogP contribution in [0.1, 0.15) is 6.92 Å². The first-order valence-electron chi connectivity index (χ1n) is 10.3. The number of carbonyl (C=O) groups excluding carboxylic acids is 2. The van der Waals surface area contributed by atoms with E-state index in [1.807, 2.05) is 13.2 Å². The van der Waals surface area contributed by atoms with Crippen molar-refractivity contribution in [3.05, 3.63) is 48.5 Å². The molecule has 0 aliphatic carbocycles. The van der Waals surface area contributed by atoms with Crippen LogP contribution in [0.25, 0.3) is 0 Å². The van der Waals surface area contributed by atoms with Crippen LogP contribution in [0, 0.1) is 0 Å². The number of benzene rings is 2. The van der Waals surface area contributed by atoms with E-state index in [1.54, 1.807) is 58.3 Å². The molecule has 2 amide bonds. The molecule has 0 atom stereocenters. The Bertz CT molecular complexity index is 1040. The first kappa shape index (κ1) is 23.9. The van der Waals surface area contributed by atoms with E-state index in [2.05, 4.69) is 0 Å². The van der Waals surface area contributed by atoms with E-state index in [0.29, 0.717) is 44.2 Å². The molecule has 32 heavy (non-hydrogen) atoms. The molecule has 1 aliphatic heterocycles. The Morgan fingerprint density at radius 2 is 1.75 bits per heavy atom. The van der Waals surface area contributed by atoms with E-state index >= 15 is 0 Å². The predicted octanol–water partition coefficient (Wildman–Crippen LogP) is 2.30. The number of para-hydroxylation sites is 2. The number of anilines is 1. The van der Waals surface area contributed by atoms with Gasteiger partial charge in [0.05, 0.1) is 17.2 Å². The summed E-state index contributed by atoms with van der Waals surface area (Å²) < 4.78 is 34.1. The van der Waals surface area contributed by atoms with E-state index in [-0.39, 0.29) is 17.3 Å². The smallest absolute Gasteiger partial charge is 0.264 e. The van der Waals surface area contributed by atoms with E-state index in [9.17, 15) is 18.0 Å². The van der Waals surface area contributed by atoms with Gasteiger partial charge in [-0.25, -0.2) is 8.42 Å². The molecule has 0 bridgehead atoms. The number of carbonyl (C=O) groups is 2. The van der Waals surface area contributed by atoms with Gasteiger partial charge in [-0.3, -0.25) is 13.9 Å². The van der Waals surface area contributed by atoms with Gasteiger partial charge < -0.3 is 14.5 Å². The summed E-state index contributed by atoms with van der Waals surface area (Å²) in [6, 6.07) is 13.4. The number of sulfonamides is 1. The lowest BCUT2D eigenvalue weighted by molar-refractivity contribution is -0.133. The Kier molecular flexibility index (Phi) is 8.03. The number of nitrogens with zero attached hydrogens (tertiary/aromatic N) is 3. The highest BCUT2D eigenvalue weighted by Gasteiger charge is 2.31. The lowest BCUT2D eigenvalue weighted by Gasteiger charge is -2.34. The van der Waals surface area contributed by atoms with Gasteiger partial charge in [-0.05, 0) is 49.6 Å². The first-order chi connectivity index (χ1) is 15.4. The SMILES string of the molecule is CCOc1ccccc1N(CC(=O)N1CCN(C=O)CC1)S(=O)(=O)c1ccc(SC)cc1. The molecule has 3 rings (SSSR count). The summed E-state index contributed by atoms with van der Waals surface area (Å²) in [5.41, 5.74) is 0.308. The molecular formula is C22H27N3O5S2. The Balaban J connectivity index is 1.96. The van der Waals surface area contributed by atoms with Crippen molar-refractivity contribution in [1.82, 2.24) is 9.80 Å². The molecule has 1 fully saturated rings. The number of hydrogen-bond acceptors (Lipinski definition) is 6. The molecule has 10 heteroatoms. The number of rotatable bonds is 9. The summed E-state index contributed by atoms with van der Waals surface area (Å²) in [7, 11) is -4.04. The van der Waals surface area contributed by atoms with Crippen molar-refractivity contribution in [2.24, 2.45) is 0 Å². The highest BCUT2D eigenvalue weighted by molar-refractivity contribution is 7.98. The van der Waals surface area contributed by atoms with Gasteiger partial charge in [-0.2, -0.15) is 0 Å². The molecule has 1 saturated heterocycles. The van der Waals surface area contributed by atoms with Gasteiger partial charge in [0.25, 0.3) is 10.0 Å². The minimum Gasteiger partial charge on any atom is -0.492 e. The lowest BCUT2D eigenvalue weighted by Crippen LogP contribution is -2.51. The highest BCUT2D eigenvalue weighted by atomic mass is 32.2. The Morgan fingerprint density at radius 3 is 2.34 bits per heavy atom. The summed E-state index contributed by atoms with van der Waals surface area (Å²) in [5.74, 6) is 0.0593. The minimum atomic E-state index is -4.04. The van der Waals surface area contributed by atoms with Crippen LogP contribution in [-0.2, 0) is 19.6 Å². The summed E-state index contributed by atoms with van der Waals surface area (Å²) in [5, 5.41) is 0. The third-order valence-corrected chi connectivity index (χ3v) is 7.69. The zero-order valence-corrected chi connectivity index (χ0v) is 19.8. The molecule has 0 unspecified atom stereocenters. The monoisotopic (exact) mass is 477 g/mol. The zero-order valence-electron chi connectivity index (χ0n) is 18.1. The fourth-order valence-electron chi connectivity index (χ4n) is 3.41.